The Morgan fingerprint density at radius 3 is 3.10 bits per heavy atom. The van der Waals surface area contributed by atoms with Gasteiger partial charge in [-0.25, -0.2) is 14.8 Å². The summed E-state index contributed by atoms with van der Waals surface area (Å²) in [5, 5.41) is 3.47. The zero-order chi connectivity index (χ0) is 21.4. The van der Waals surface area contributed by atoms with Crippen molar-refractivity contribution in [3.8, 4) is 0 Å². The molecule has 31 heavy (non-hydrogen) atoms. The molecule has 0 aliphatic carbocycles. The van der Waals surface area contributed by atoms with E-state index >= 15 is 0 Å². The second-order valence-electron chi connectivity index (χ2n) is 7.88. The van der Waals surface area contributed by atoms with E-state index in [0.29, 0.717) is 62.5 Å². The topological polar surface area (TPSA) is 117 Å². The molecule has 2 unspecified atom stereocenters. The summed E-state index contributed by atoms with van der Waals surface area (Å²) in [5.74, 6) is 2.21. The van der Waals surface area contributed by atoms with Crippen LogP contribution in [0.15, 0.2) is 11.1 Å². The Bertz CT molecular complexity index is 977. The minimum absolute atomic E-state index is 0.158. The quantitative estimate of drug-likeness (QED) is 0.532. The minimum Gasteiger partial charge on any atom is -0.611 e. The van der Waals surface area contributed by atoms with Gasteiger partial charge in [-0.2, -0.15) is 4.98 Å². The van der Waals surface area contributed by atoms with Crippen molar-refractivity contribution in [1.82, 2.24) is 19.5 Å². The Labute approximate surface area is 183 Å². The average molecular weight is 447 g/mol. The number of ether oxygens (including phenoxy) is 2. The molecule has 1 fully saturated rings. The number of esters is 1. The van der Waals surface area contributed by atoms with Crippen molar-refractivity contribution >= 4 is 28.9 Å². The molecule has 10 nitrogen and oxygen atoms in total. The summed E-state index contributed by atoms with van der Waals surface area (Å²) < 4.78 is 25.2. The van der Waals surface area contributed by atoms with E-state index in [9.17, 15) is 9.35 Å². The van der Waals surface area contributed by atoms with Crippen molar-refractivity contribution in [3.05, 3.63) is 23.4 Å². The lowest BCUT2D eigenvalue weighted by atomic mass is 10.1. The third-order valence-corrected chi connectivity index (χ3v) is 7.21. The summed E-state index contributed by atoms with van der Waals surface area (Å²) in [4.78, 5) is 28.8. The molecule has 2 aromatic heterocycles. The van der Waals surface area contributed by atoms with Crippen molar-refractivity contribution in [2.75, 3.05) is 42.3 Å². The number of aryl methyl sites for hydroxylation is 1. The molecule has 2 aromatic rings. The van der Waals surface area contributed by atoms with Crippen LogP contribution in [0.5, 0.6) is 0 Å². The summed E-state index contributed by atoms with van der Waals surface area (Å²) in [6.07, 6.45) is 4.42. The van der Waals surface area contributed by atoms with E-state index in [1.165, 1.54) is 0 Å². The summed E-state index contributed by atoms with van der Waals surface area (Å²) in [6.45, 7) is 5.36. The molecule has 0 amide bonds. The van der Waals surface area contributed by atoms with Gasteiger partial charge >= 0.3 is 5.97 Å². The monoisotopic (exact) mass is 446 g/mol. The van der Waals surface area contributed by atoms with Crippen LogP contribution in [0.3, 0.4) is 0 Å². The predicted octanol–water partition coefficient (Wildman–Crippen LogP) is 1.12. The number of nitrogens with zero attached hydrogens (tertiary/aromatic N) is 5. The SMILES string of the molecule is CCOC(=O)c1cn2c(n1)CN(c1nc3c(c(NC4CCCOC4)n1)[S+]([O-])CC3)CC2. The summed E-state index contributed by atoms with van der Waals surface area (Å²) >= 11 is -1.08. The van der Waals surface area contributed by atoms with Crippen molar-refractivity contribution in [2.24, 2.45) is 0 Å². The second kappa shape index (κ2) is 8.64. The van der Waals surface area contributed by atoms with Crippen molar-refractivity contribution in [1.29, 1.82) is 0 Å². The first-order valence-corrected chi connectivity index (χ1v) is 12.1. The molecule has 0 radical (unpaired) electrons. The van der Waals surface area contributed by atoms with Gasteiger partial charge in [0.25, 0.3) is 0 Å². The van der Waals surface area contributed by atoms with Crippen LogP contribution in [0.2, 0.25) is 0 Å². The fourth-order valence-electron chi connectivity index (χ4n) is 4.20. The number of carbonyl (C=O) groups excluding carboxylic acids is 1. The number of anilines is 2. The van der Waals surface area contributed by atoms with Crippen LogP contribution in [0, 0.1) is 0 Å². The van der Waals surface area contributed by atoms with E-state index in [1.54, 1.807) is 13.1 Å². The van der Waals surface area contributed by atoms with E-state index in [0.717, 1.165) is 35.9 Å². The lowest BCUT2D eigenvalue weighted by molar-refractivity contribution is 0.0520. The van der Waals surface area contributed by atoms with Gasteiger partial charge in [-0.15, -0.1) is 0 Å². The Kier molecular flexibility index (Phi) is 5.72. The van der Waals surface area contributed by atoms with Crippen LogP contribution < -0.4 is 10.2 Å². The minimum atomic E-state index is -1.08. The largest absolute Gasteiger partial charge is 0.611 e. The zero-order valence-electron chi connectivity index (χ0n) is 17.5. The van der Waals surface area contributed by atoms with Crippen LogP contribution in [-0.4, -0.2) is 68.2 Å². The zero-order valence-corrected chi connectivity index (χ0v) is 18.3. The summed E-state index contributed by atoms with van der Waals surface area (Å²) in [7, 11) is 0. The smallest absolute Gasteiger partial charge is 0.358 e. The number of imidazole rings is 1. The van der Waals surface area contributed by atoms with E-state index in [1.807, 2.05) is 4.57 Å². The molecule has 0 aromatic carbocycles. The van der Waals surface area contributed by atoms with E-state index in [-0.39, 0.29) is 6.04 Å². The van der Waals surface area contributed by atoms with Gasteiger partial charge in [0.1, 0.15) is 17.3 Å². The average Bonchev–Trinajstić information content (AvgIpc) is 3.38. The van der Waals surface area contributed by atoms with Gasteiger partial charge in [0.05, 0.1) is 25.8 Å². The standard InChI is InChI=1S/C20H26N6O4S/c1-2-30-19(27)15-10-25-6-7-26(11-16(25)22-15)20-23-14-5-9-31(28)17(14)18(24-20)21-13-4-3-8-29-12-13/h10,13H,2-9,11-12H2,1H3,(H,21,23,24). The Balaban J connectivity index is 1.40. The Morgan fingerprint density at radius 1 is 1.39 bits per heavy atom. The second-order valence-corrected chi connectivity index (χ2v) is 9.39. The molecule has 0 saturated carbocycles. The number of aromatic nitrogens is 4. The Morgan fingerprint density at radius 2 is 2.29 bits per heavy atom. The molecule has 1 saturated heterocycles. The highest BCUT2D eigenvalue weighted by Gasteiger charge is 2.34. The highest BCUT2D eigenvalue weighted by atomic mass is 32.2. The maximum atomic E-state index is 12.6. The van der Waals surface area contributed by atoms with Crippen LogP contribution in [-0.2, 0) is 40.2 Å². The van der Waals surface area contributed by atoms with Gasteiger partial charge < -0.3 is 28.8 Å². The molecule has 5 rings (SSSR count). The van der Waals surface area contributed by atoms with Gasteiger partial charge in [-0.1, -0.05) is 0 Å². The van der Waals surface area contributed by atoms with Gasteiger partial charge in [0.15, 0.2) is 11.5 Å². The van der Waals surface area contributed by atoms with Gasteiger partial charge in [0, 0.05) is 32.3 Å². The number of hydrogen-bond donors (Lipinski definition) is 1. The number of rotatable bonds is 5. The highest BCUT2D eigenvalue weighted by molar-refractivity contribution is 7.91. The molecule has 0 spiro atoms. The lowest BCUT2D eigenvalue weighted by Crippen LogP contribution is -2.36. The summed E-state index contributed by atoms with van der Waals surface area (Å²) in [5.41, 5.74) is 1.17. The molecule has 3 aliphatic heterocycles. The number of hydrogen-bond acceptors (Lipinski definition) is 9. The molecular weight excluding hydrogens is 420 g/mol. The maximum absolute atomic E-state index is 12.6. The molecule has 2 atom stereocenters. The van der Waals surface area contributed by atoms with Gasteiger partial charge in [0.2, 0.25) is 10.8 Å². The van der Waals surface area contributed by atoms with Crippen molar-refractivity contribution in [2.45, 2.75) is 50.2 Å². The van der Waals surface area contributed by atoms with Gasteiger partial charge in [-0.3, -0.25) is 0 Å². The van der Waals surface area contributed by atoms with Crippen LogP contribution >= 0.6 is 0 Å². The highest BCUT2D eigenvalue weighted by Crippen LogP contribution is 2.33. The third kappa shape index (κ3) is 4.09. The van der Waals surface area contributed by atoms with Crippen LogP contribution in [0.25, 0.3) is 0 Å². The van der Waals surface area contributed by atoms with Crippen molar-refractivity contribution in [3.63, 3.8) is 0 Å². The predicted molar refractivity (Wildman–Crippen MR) is 114 cm³/mol. The normalized spacial score (nSPS) is 22.7. The first-order valence-electron chi connectivity index (χ1n) is 10.7. The number of carbonyl (C=O) groups is 1. The van der Waals surface area contributed by atoms with Crippen molar-refractivity contribution < 1.29 is 18.8 Å². The molecule has 5 heterocycles. The molecule has 11 heteroatoms. The van der Waals surface area contributed by atoms with E-state index in [2.05, 4.69) is 15.2 Å². The van der Waals surface area contributed by atoms with Crippen LogP contribution in [0.1, 0.15) is 41.8 Å². The summed E-state index contributed by atoms with van der Waals surface area (Å²) in [6, 6.07) is 0.158. The molecule has 1 N–H and O–H groups in total. The Hall–Kier alpha value is -2.37. The first kappa shape index (κ1) is 20.5. The fraction of sp³-hybridized carbons (Fsp3) is 0.600. The molecule has 0 bridgehead atoms. The molecule has 166 valence electrons. The molecular formula is C20H26N6O4S. The fourth-order valence-corrected chi connectivity index (χ4v) is 5.51. The van der Waals surface area contributed by atoms with E-state index in [4.69, 9.17) is 19.4 Å². The van der Waals surface area contributed by atoms with E-state index < -0.39 is 17.1 Å². The van der Waals surface area contributed by atoms with Gasteiger partial charge in [-0.05, 0) is 30.9 Å². The number of nitrogens with one attached hydrogen (secondary N) is 1. The number of fused-ring (bicyclic) bond motifs is 2. The van der Waals surface area contributed by atoms with Crippen LogP contribution in [0.4, 0.5) is 11.8 Å². The third-order valence-electron chi connectivity index (χ3n) is 5.75. The first-order chi connectivity index (χ1) is 15.1. The lowest BCUT2D eigenvalue weighted by Gasteiger charge is -2.29. The maximum Gasteiger partial charge on any atom is 0.358 e. The molecule has 3 aliphatic rings.